The maximum atomic E-state index is 5.70. The van der Waals surface area contributed by atoms with Crippen LogP contribution in [0.5, 0.6) is 11.5 Å². The van der Waals surface area contributed by atoms with E-state index in [2.05, 4.69) is 9.88 Å². The molecule has 1 aromatic rings. The molecular weight excluding hydrogens is 270 g/mol. The Labute approximate surface area is 126 Å². The van der Waals surface area contributed by atoms with Gasteiger partial charge in [-0.1, -0.05) is 0 Å². The van der Waals surface area contributed by atoms with Gasteiger partial charge in [0.15, 0.2) is 11.5 Å². The molecule has 118 valence electrons. The summed E-state index contributed by atoms with van der Waals surface area (Å²) in [5, 5.41) is 0. The van der Waals surface area contributed by atoms with Crippen molar-refractivity contribution in [3.05, 3.63) is 18.0 Å². The van der Waals surface area contributed by atoms with Crippen LogP contribution in [0.2, 0.25) is 0 Å². The van der Waals surface area contributed by atoms with Crippen LogP contribution in [-0.2, 0) is 11.3 Å². The van der Waals surface area contributed by atoms with Crippen molar-refractivity contribution in [1.29, 1.82) is 0 Å². The van der Waals surface area contributed by atoms with Crippen LogP contribution in [0, 0.1) is 0 Å². The number of likely N-dealkylation sites (tertiary alicyclic amines) is 1. The van der Waals surface area contributed by atoms with E-state index in [9.17, 15) is 0 Å². The van der Waals surface area contributed by atoms with Gasteiger partial charge in [0.1, 0.15) is 5.69 Å². The molecular formula is C15H25N3O3. The zero-order valence-corrected chi connectivity index (χ0v) is 12.9. The number of hydrogen-bond donors (Lipinski definition) is 1. The second-order valence-corrected chi connectivity index (χ2v) is 5.13. The minimum absolute atomic E-state index is 0.338. The van der Waals surface area contributed by atoms with Crippen LogP contribution < -0.4 is 15.2 Å². The molecule has 0 unspecified atom stereocenters. The lowest BCUT2D eigenvalue weighted by atomic mass is 10.1. The van der Waals surface area contributed by atoms with Gasteiger partial charge in [0, 0.05) is 38.4 Å². The molecule has 6 nitrogen and oxygen atoms in total. The molecule has 0 spiro atoms. The van der Waals surface area contributed by atoms with Crippen molar-refractivity contribution in [2.45, 2.75) is 25.5 Å². The molecule has 2 heterocycles. The summed E-state index contributed by atoms with van der Waals surface area (Å²) in [5.41, 5.74) is 6.38. The normalized spacial score (nSPS) is 16.9. The van der Waals surface area contributed by atoms with Crippen LogP contribution in [-0.4, -0.2) is 56.4 Å². The van der Waals surface area contributed by atoms with E-state index in [1.165, 1.54) is 0 Å². The maximum Gasteiger partial charge on any atom is 0.183 e. The van der Waals surface area contributed by atoms with Crippen molar-refractivity contribution in [2.75, 3.05) is 40.5 Å². The van der Waals surface area contributed by atoms with E-state index in [0.29, 0.717) is 19.3 Å². The Kier molecular flexibility index (Phi) is 6.22. The quantitative estimate of drug-likeness (QED) is 0.810. The molecule has 2 N–H and O–H groups in total. The molecule has 0 aromatic carbocycles. The number of nitrogens with two attached hydrogens (primary N) is 1. The minimum atomic E-state index is 0.338. The average molecular weight is 295 g/mol. The van der Waals surface area contributed by atoms with Crippen molar-refractivity contribution >= 4 is 0 Å². The molecule has 2 rings (SSSR count). The first kappa shape index (κ1) is 16.0. The SMILES string of the molecule is COc1ccnc(CN2CCC(OCCN)CC2)c1OC. The number of piperidine rings is 1. The van der Waals surface area contributed by atoms with Crippen LogP contribution in [0.25, 0.3) is 0 Å². The molecule has 6 heteroatoms. The van der Waals surface area contributed by atoms with Crippen LogP contribution in [0.15, 0.2) is 12.3 Å². The largest absolute Gasteiger partial charge is 0.493 e. The lowest BCUT2D eigenvalue weighted by Gasteiger charge is -2.31. The molecule has 1 aliphatic heterocycles. The first-order valence-electron chi connectivity index (χ1n) is 7.38. The summed E-state index contributed by atoms with van der Waals surface area (Å²) >= 11 is 0. The van der Waals surface area contributed by atoms with Gasteiger partial charge in [-0.15, -0.1) is 0 Å². The Bertz CT molecular complexity index is 434. The van der Waals surface area contributed by atoms with E-state index >= 15 is 0 Å². The van der Waals surface area contributed by atoms with Gasteiger partial charge in [-0.2, -0.15) is 0 Å². The van der Waals surface area contributed by atoms with Crippen molar-refractivity contribution in [1.82, 2.24) is 9.88 Å². The van der Waals surface area contributed by atoms with E-state index in [0.717, 1.165) is 49.7 Å². The third kappa shape index (κ3) is 4.30. The molecule has 1 aliphatic rings. The summed E-state index contributed by atoms with van der Waals surface area (Å²) in [7, 11) is 3.29. The number of aromatic nitrogens is 1. The predicted molar refractivity (Wildman–Crippen MR) is 80.6 cm³/mol. The van der Waals surface area contributed by atoms with Crippen LogP contribution >= 0.6 is 0 Å². The Hall–Kier alpha value is -1.37. The Morgan fingerprint density at radius 2 is 2.05 bits per heavy atom. The fraction of sp³-hybridized carbons (Fsp3) is 0.667. The fourth-order valence-corrected chi connectivity index (χ4v) is 2.64. The number of methoxy groups -OCH3 is 2. The molecule has 0 atom stereocenters. The van der Waals surface area contributed by atoms with Gasteiger partial charge in [-0.25, -0.2) is 0 Å². The molecule has 0 amide bonds. The summed E-state index contributed by atoms with van der Waals surface area (Å²) in [6.45, 7) is 4.00. The number of hydrogen-bond acceptors (Lipinski definition) is 6. The zero-order valence-electron chi connectivity index (χ0n) is 12.9. The van der Waals surface area contributed by atoms with Gasteiger partial charge >= 0.3 is 0 Å². The van der Waals surface area contributed by atoms with Gasteiger partial charge < -0.3 is 19.9 Å². The van der Waals surface area contributed by atoms with Crippen molar-refractivity contribution in [3.8, 4) is 11.5 Å². The summed E-state index contributed by atoms with van der Waals surface area (Å²) in [4.78, 5) is 6.79. The summed E-state index contributed by atoms with van der Waals surface area (Å²) in [5.74, 6) is 1.45. The van der Waals surface area contributed by atoms with E-state index in [1.54, 1.807) is 20.4 Å². The second kappa shape index (κ2) is 8.17. The third-order valence-electron chi connectivity index (χ3n) is 3.75. The molecule has 1 saturated heterocycles. The smallest absolute Gasteiger partial charge is 0.183 e. The minimum Gasteiger partial charge on any atom is -0.493 e. The van der Waals surface area contributed by atoms with Gasteiger partial charge in [0.25, 0.3) is 0 Å². The summed E-state index contributed by atoms with van der Waals surface area (Å²) in [6.07, 6.45) is 4.16. The van der Waals surface area contributed by atoms with Crippen LogP contribution in [0.3, 0.4) is 0 Å². The molecule has 1 fully saturated rings. The highest BCUT2D eigenvalue weighted by molar-refractivity contribution is 5.42. The monoisotopic (exact) mass is 295 g/mol. The highest BCUT2D eigenvalue weighted by Gasteiger charge is 2.21. The lowest BCUT2D eigenvalue weighted by molar-refractivity contribution is 0.00940. The fourth-order valence-electron chi connectivity index (χ4n) is 2.64. The van der Waals surface area contributed by atoms with Crippen molar-refractivity contribution < 1.29 is 14.2 Å². The lowest BCUT2D eigenvalue weighted by Crippen LogP contribution is -2.37. The molecule has 0 aliphatic carbocycles. The van der Waals surface area contributed by atoms with E-state index in [1.807, 2.05) is 6.07 Å². The predicted octanol–water partition coefficient (Wildman–Crippen LogP) is 1.04. The number of rotatable bonds is 7. The van der Waals surface area contributed by atoms with Crippen molar-refractivity contribution in [3.63, 3.8) is 0 Å². The summed E-state index contributed by atoms with van der Waals surface area (Å²) in [6, 6.07) is 1.81. The number of ether oxygens (including phenoxy) is 3. The molecule has 0 bridgehead atoms. The highest BCUT2D eigenvalue weighted by Crippen LogP contribution is 2.30. The van der Waals surface area contributed by atoms with Gasteiger partial charge in [-0.05, 0) is 12.8 Å². The standard InChI is InChI=1S/C15H25N3O3/c1-19-14-3-7-17-13(15(14)20-2)11-18-8-4-12(5-9-18)21-10-6-16/h3,7,12H,4-6,8-11,16H2,1-2H3. The number of pyridine rings is 1. The van der Waals surface area contributed by atoms with E-state index < -0.39 is 0 Å². The van der Waals surface area contributed by atoms with E-state index in [-0.39, 0.29) is 0 Å². The molecule has 21 heavy (non-hydrogen) atoms. The topological polar surface area (TPSA) is 69.8 Å². The highest BCUT2D eigenvalue weighted by atomic mass is 16.5. The van der Waals surface area contributed by atoms with Crippen LogP contribution in [0.4, 0.5) is 0 Å². The van der Waals surface area contributed by atoms with Crippen molar-refractivity contribution in [2.24, 2.45) is 5.73 Å². The third-order valence-corrected chi connectivity index (χ3v) is 3.75. The molecule has 0 saturated carbocycles. The average Bonchev–Trinajstić information content (AvgIpc) is 2.54. The van der Waals surface area contributed by atoms with Crippen LogP contribution in [0.1, 0.15) is 18.5 Å². The maximum absolute atomic E-state index is 5.70. The second-order valence-electron chi connectivity index (χ2n) is 5.13. The Morgan fingerprint density at radius 3 is 2.67 bits per heavy atom. The molecule has 1 aromatic heterocycles. The first-order valence-corrected chi connectivity index (χ1v) is 7.38. The molecule has 0 radical (unpaired) electrons. The Balaban J connectivity index is 1.91. The summed E-state index contributed by atoms with van der Waals surface area (Å²) < 4.78 is 16.4. The van der Waals surface area contributed by atoms with Gasteiger partial charge in [0.2, 0.25) is 0 Å². The number of nitrogens with zero attached hydrogens (tertiary/aromatic N) is 2. The zero-order chi connectivity index (χ0) is 15.1. The van der Waals surface area contributed by atoms with E-state index in [4.69, 9.17) is 19.9 Å². The first-order chi connectivity index (χ1) is 10.3. The van der Waals surface area contributed by atoms with Gasteiger partial charge in [0.05, 0.1) is 26.9 Å². The Morgan fingerprint density at radius 1 is 1.29 bits per heavy atom. The van der Waals surface area contributed by atoms with Gasteiger partial charge in [-0.3, -0.25) is 9.88 Å².